The highest BCUT2D eigenvalue weighted by molar-refractivity contribution is 5.21. The second kappa shape index (κ2) is 4.54. The lowest BCUT2D eigenvalue weighted by molar-refractivity contribution is 0.341. The van der Waals surface area contributed by atoms with Crippen LogP contribution in [0.3, 0.4) is 0 Å². The van der Waals surface area contributed by atoms with Gasteiger partial charge in [-0.15, -0.1) is 0 Å². The first kappa shape index (κ1) is 11.6. The minimum Gasteiger partial charge on any atom is -0.305 e. The molecule has 2 heteroatoms. The molecule has 1 saturated carbocycles. The van der Waals surface area contributed by atoms with Crippen LogP contribution >= 0.6 is 0 Å². The summed E-state index contributed by atoms with van der Waals surface area (Å²) in [5.41, 5.74) is 2.40. The van der Waals surface area contributed by atoms with Crippen molar-refractivity contribution in [3.8, 4) is 0 Å². The molecule has 1 N–H and O–H groups in total. The van der Waals surface area contributed by atoms with E-state index in [1.54, 1.807) is 0 Å². The molecule has 1 aromatic rings. The van der Waals surface area contributed by atoms with Crippen molar-refractivity contribution in [2.75, 3.05) is 0 Å². The van der Waals surface area contributed by atoms with E-state index in [2.05, 4.69) is 36.3 Å². The quantitative estimate of drug-likeness (QED) is 0.843. The highest BCUT2D eigenvalue weighted by Gasteiger charge is 2.26. The molecule has 1 aliphatic rings. The molecule has 0 aromatic carbocycles. The van der Waals surface area contributed by atoms with Crippen LogP contribution in [0.4, 0.5) is 0 Å². The molecule has 2 rings (SSSR count). The molecule has 0 aliphatic heterocycles. The molecule has 0 saturated heterocycles. The normalized spacial score (nSPS) is 17.9. The zero-order valence-electron chi connectivity index (χ0n) is 10.6. The second-order valence-electron chi connectivity index (χ2n) is 5.44. The van der Waals surface area contributed by atoms with Crippen molar-refractivity contribution in [3.63, 3.8) is 0 Å². The molecule has 88 valence electrons. The van der Waals surface area contributed by atoms with E-state index in [1.165, 1.54) is 31.2 Å². The van der Waals surface area contributed by atoms with E-state index in [1.807, 2.05) is 13.1 Å². The minimum absolute atomic E-state index is 0.0374. The number of aromatic nitrogens is 1. The van der Waals surface area contributed by atoms with Gasteiger partial charge in [0.1, 0.15) is 0 Å². The van der Waals surface area contributed by atoms with Crippen molar-refractivity contribution in [1.82, 2.24) is 10.3 Å². The van der Waals surface area contributed by atoms with Crippen LogP contribution in [0.1, 0.15) is 50.8 Å². The molecule has 1 aromatic heterocycles. The smallest absolute Gasteiger partial charge is 0.0394 e. The Morgan fingerprint density at radius 1 is 1.25 bits per heavy atom. The van der Waals surface area contributed by atoms with Crippen LogP contribution in [0.5, 0.6) is 0 Å². The third-order valence-corrected chi connectivity index (χ3v) is 3.55. The van der Waals surface area contributed by atoms with Crippen molar-refractivity contribution in [2.45, 2.75) is 58.0 Å². The van der Waals surface area contributed by atoms with Crippen LogP contribution < -0.4 is 5.32 Å². The number of nitrogens with zero attached hydrogens (tertiary/aromatic N) is 1. The van der Waals surface area contributed by atoms with Gasteiger partial charge in [0, 0.05) is 23.5 Å². The third kappa shape index (κ3) is 2.62. The van der Waals surface area contributed by atoms with E-state index in [4.69, 9.17) is 0 Å². The van der Waals surface area contributed by atoms with Crippen LogP contribution in [0.2, 0.25) is 0 Å². The highest BCUT2D eigenvalue weighted by atomic mass is 15.0. The molecule has 2 nitrogen and oxygen atoms in total. The molecule has 0 radical (unpaired) electrons. The lowest BCUT2D eigenvalue weighted by atomic mass is 9.94. The first-order valence-corrected chi connectivity index (χ1v) is 6.29. The second-order valence-corrected chi connectivity index (χ2v) is 5.44. The maximum Gasteiger partial charge on any atom is 0.0394 e. The number of rotatable bonds is 3. The fourth-order valence-electron chi connectivity index (χ4n) is 2.50. The maximum atomic E-state index is 4.38. The summed E-state index contributed by atoms with van der Waals surface area (Å²) in [5, 5.41) is 3.75. The SMILES string of the molecule is Cc1ccc(C(C)(C)NC2CCCC2)cn1. The fraction of sp³-hybridized carbons (Fsp3) is 0.643. The Morgan fingerprint density at radius 3 is 2.50 bits per heavy atom. The van der Waals surface area contributed by atoms with E-state index >= 15 is 0 Å². The van der Waals surface area contributed by atoms with Crippen molar-refractivity contribution in [3.05, 3.63) is 29.6 Å². The van der Waals surface area contributed by atoms with Crippen molar-refractivity contribution in [2.24, 2.45) is 0 Å². The van der Waals surface area contributed by atoms with Gasteiger partial charge in [-0.25, -0.2) is 0 Å². The van der Waals surface area contributed by atoms with Crippen LogP contribution in [0.15, 0.2) is 18.3 Å². The number of hydrogen-bond acceptors (Lipinski definition) is 2. The molecule has 1 heterocycles. The van der Waals surface area contributed by atoms with Gasteiger partial charge in [0.15, 0.2) is 0 Å². The third-order valence-electron chi connectivity index (χ3n) is 3.55. The summed E-state index contributed by atoms with van der Waals surface area (Å²) in [6.07, 6.45) is 7.39. The Kier molecular flexibility index (Phi) is 3.29. The molecule has 0 bridgehead atoms. The van der Waals surface area contributed by atoms with Gasteiger partial charge in [0.2, 0.25) is 0 Å². The van der Waals surface area contributed by atoms with Gasteiger partial charge in [0.25, 0.3) is 0 Å². The van der Waals surface area contributed by atoms with Crippen molar-refractivity contribution >= 4 is 0 Å². The van der Waals surface area contributed by atoms with Gasteiger partial charge in [-0.3, -0.25) is 4.98 Å². The van der Waals surface area contributed by atoms with Crippen LogP contribution in [-0.2, 0) is 5.54 Å². The summed E-state index contributed by atoms with van der Waals surface area (Å²) < 4.78 is 0. The predicted octanol–water partition coefficient (Wildman–Crippen LogP) is 3.16. The van der Waals surface area contributed by atoms with Crippen LogP contribution in [0, 0.1) is 6.92 Å². The number of nitrogens with one attached hydrogen (secondary N) is 1. The molecule has 1 fully saturated rings. The van der Waals surface area contributed by atoms with Gasteiger partial charge in [-0.2, -0.15) is 0 Å². The summed E-state index contributed by atoms with van der Waals surface area (Å²) in [4.78, 5) is 4.38. The zero-order valence-corrected chi connectivity index (χ0v) is 10.6. The Hall–Kier alpha value is -0.890. The van der Waals surface area contributed by atoms with E-state index in [0.717, 1.165) is 5.69 Å². The summed E-state index contributed by atoms with van der Waals surface area (Å²) in [6, 6.07) is 4.97. The number of aryl methyl sites for hydroxylation is 1. The Bertz CT molecular complexity index is 334. The predicted molar refractivity (Wildman–Crippen MR) is 67.4 cm³/mol. The molecule has 0 spiro atoms. The highest BCUT2D eigenvalue weighted by Crippen LogP contribution is 2.25. The average Bonchev–Trinajstić information content (AvgIpc) is 2.70. The lowest BCUT2D eigenvalue weighted by Gasteiger charge is -2.30. The van der Waals surface area contributed by atoms with Crippen LogP contribution in [-0.4, -0.2) is 11.0 Å². The first-order valence-electron chi connectivity index (χ1n) is 6.29. The fourth-order valence-corrected chi connectivity index (χ4v) is 2.50. The van der Waals surface area contributed by atoms with E-state index < -0.39 is 0 Å². The largest absolute Gasteiger partial charge is 0.305 e. The van der Waals surface area contributed by atoms with Crippen LogP contribution in [0.25, 0.3) is 0 Å². The monoisotopic (exact) mass is 218 g/mol. The standard InChI is InChI=1S/C14H22N2/c1-11-8-9-12(10-15-11)14(2,3)16-13-6-4-5-7-13/h8-10,13,16H,4-7H2,1-3H3. The Morgan fingerprint density at radius 2 is 1.94 bits per heavy atom. The minimum atomic E-state index is 0.0374. The van der Waals surface area contributed by atoms with Gasteiger partial charge >= 0.3 is 0 Å². The van der Waals surface area contributed by atoms with E-state index in [9.17, 15) is 0 Å². The van der Waals surface area contributed by atoms with E-state index in [-0.39, 0.29) is 5.54 Å². The Balaban J connectivity index is 2.07. The molecular weight excluding hydrogens is 196 g/mol. The Labute approximate surface area is 98.5 Å². The summed E-state index contributed by atoms with van der Waals surface area (Å²) in [5.74, 6) is 0. The molecular formula is C14H22N2. The van der Waals surface area contributed by atoms with Crippen molar-refractivity contribution < 1.29 is 0 Å². The first-order chi connectivity index (χ1) is 7.58. The van der Waals surface area contributed by atoms with Gasteiger partial charge in [-0.1, -0.05) is 18.9 Å². The molecule has 0 amide bonds. The number of hydrogen-bond donors (Lipinski definition) is 1. The number of pyridine rings is 1. The molecule has 1 aliphatic carbocycles. The zero-order chi connectivity index (χ0) is 11.6. The summed E-state index contributed by atoms with van der Waals surface area (Å²) in [7, 11) is 0. The summed E-state index contributed by atoms with van der Waals surface area (Å²) >= 11 is 0. The molecule has 0 unspecified atom stereocenters. The van der Waals surface area contributed by atoms with Gasteiger partial charge in [-0.05, 0) is 45.2 Å². The van der Waals surface area contributed by atoms with Gasteiger partial charge in [0.05, 0.1) is 0 Å². The van der Waals surface area contributed by atoms with Gasteiger partial charge < -0.3 is 5.32 Å². The topological polar surface area (TPSA) is 24.9 Å². The molecule has 0 atom stereocenters. The molecule has 16 heavy (non-hydrogen) atoms. The summed E-state index contributed by atoms with van der Waals surface area (Å²) in [6.45, 7) is 6.52. The van der Waals surface area contributed by atoms with E-state index in [0.29, 0.717) is 6.04 Å². The lowest BCUT2D eigenvalue weighted by Crippen LogP contribution is -2.42. The van der Waals surface area contributed by atoms with Crippen molar-refractivity contribution in [1.29, 1.82) is 0 Å². The average molecular weight is 218 g/mol. The maximum absolute atomic E-state index is 4.38.